The number of ether oxygens (including phenoxy) is 1. The predicted molar refractivity (Wildman–Crippen MR) is 126 cm³/mol. The molecule has 0 radical (unpaired) electrons. The van der Waals surface area contributed by atoms with Crippen molar-refractivity contribution in [3.8, 4) is 0 Å². The fraction of sp³-hybridized carbons (Fsp3) is 0.375. The molecule has 0 atom stereocenters. The van der Waals surface area contributed by atoms with Gasteiger partial charge in [-0.2, -0.15) is 5.10 Å². The minimum absolute atomic E-state index is 0.0209. The van der Waals surface area contributed by atoms with Crippen molar-refractivity contribution in [2.24, 2.45) is 0 Å². The molecule has 1 aromatic carbocycles. The van der Waals surface area contributed by atoms with E-state index in [0.717, 1.165) is 12.1 Å². The van der Waals surface area contributed by atoms with Crippen molar-refractivity contribution in [1.82, 2.24) is 24.8 Å². The van der Waals surface area contributed by atoms with Crippen LogP contribution in [0.4, 0.5) is 13.6 Å². The van der Waals surface area contributed by atoms with Gasteiger partial charge in [-0.1, -0.05) is 0 Å². The van der Waals surface area contributed by atoms with Crippen LogP contribution in [0.3, 0.4) is 0 Å². The Balaban J connectivity index is 1.53. The third kappa shape index (κ3) is 5.26. The number of nitrogens with zero attached hydrogens (tertiary/aromatic N) is 3. The van der Waals surface area contributed by atoms with Gasteiger partial charge in [0.05, 0.1) is 17.5 Å². The van der Waals surface area contributed by atoms with Gasteiger partial charge in [-0.3, -0.25) is 15.0 Å². The molecular weight excluding hydrogens is 474 g/mol. The Kier molecular flexibility index (Phi) is 6.61. The summed E-state index contributed by atoms with van der Waals surface area (Å²) in [7, 11) is 0. The van der Waals surface area contributed by atoms with Gasteiger partial charge in [-0.25, -0.2) is 18.1 Å². The third-order valence-electron chi connectivity index (χ3n) is 5.78. The zero-order valence-electron chi connectivity index (χ0n) is 20.0. The third-order valence-corrected chi connectivity index (χ3v) is 5.78. The van der Waals surface area contributed by atoms with E-state index in [1.807, 2.05) is 0 Å². The van der Waals surface area contributed by atoms with E-state index in [0.29, 0.717) is 37.7 Å². The Bertz CT molecular complexity index is 1400. The number of hydrogen-bond donors (Lipinski definition) is 3. The van der Waals surface area contributed by atoms with Crippen LogP contribution in [0.1, 0.15) is 61.1 Å². The lowest BCUT2D eigenvalue weighted by Gasteiger charge is -2.33. The molecule has 1 fully saturated rings. The molecule has 4 rings (SSSR count). The Morgan fingerprint density at radius 3 is 2.50 bits per heavy atom. The van der Waals surface area contributed by atoms with Crippen LogP contribution in [0.15, 0.2) is 35.3 Å². The second-order valence-electron chi connectivity index (χ2n) is 9.57. The summed E-state index contributed by atoms with van der Waals surface area (Å²) in [5, 5.41) is 14.5. The molecule has 0 spiro atoms. The molecule has 3 heterocycles. The Morgan fingerprint density at radius 2 is 1.86 bits per heavy atom. The first kappa shape index (κ1) is 25.0. The fourth-order valence-electron chi connectivity index (χ4n) is 4.09. The van der Waals surface area contributed by atoms with Gasteiger partial charge in [-0.15, -0.1) is 0 Å². The number of piperidine rings is 1. The first-order chi connectivity index (χ1) is 16.9. The molecule has 0 unspecified atom stereocenters. The average Bonchev–Trinajstić information content (AvgIpc) is 3.21. The van der Waals surface area contributed by atoms with Gasteiger partial charge in [0.2, 0.25) is 0 Å². The predicted octanol–water partition coefficient (Wildman–Crippen LogP) is 3.17. The molecule has 3 aromatic rings. The highest BCUT2D eigenvalue weighted by molar-refractivity contribution is 6.13. The van der Waals surface area contributed by atoms with Crippen LogP contribution in [0.2, 0.25) is 0 Å². The molecule has 0 saturated carbocycles. The van der Waals surface area contributed by atoms with Crippen molar-refractivity contribution >= 4 is 23.5 Å². The van der Waals surface area contributed by atoms with Gasteiger partial charge < -0.3 is 19.9 Å². The number of amidine groups is 1. The van der Waals surface area contributed by atoms with E-state index in [4.69, 9.17) is 10.1 Å². The van der Waals surface area contributed by atoms with Gasteiger partial charge >= 0.3 is 6.09 Å². The maximum Gasteiger partial charge on any atom is 0.410 e. The highest BCUT2D eigenvalue weighted by atomic mass is 19.1. The number of rotatable bonds is 3. The van der Waals surface area contributed by atoms with Crippen molar-refractivity contribution in [2.75, 3.05) is 13.1 Å². The SMILES string of the molecule is CC(C)(C)OC(=O)N1CCC(c2cc(=O)[nH]c3c(C(=O)NC(=N)c4ccc(F)cc4F)cnn23)CC1. The van der Waals surface area contributed by atoms with E-state index in [-0.39, 0.29) is 22.7 Å². The number of fused-ring (bicyclic) bond motifs is 1. The fourth-order valence-corrected chi connectivity index (χ4v) is 4.09. The van der Waals surface area contributed by atoms with Crippen LogP contribution in [0, 0.1) is 17.0 Å². The molecule has 2 aromatic heterocycles. The van der Waals surface area contributed by atoms with Crippen molar-refractivity contribution in [1.29, 1.82) is 5.41 Å². The zero-order chi connectivity index (χ0) is 26.2. The summed E-state index contributed by atoms with van der Waals surface area (Å²) in [5.41, 5.74) is -0.647. The Hall–Kier alpha value is -4.09. The van der Waals surface area contributed by atoms with Crippen molar-refractivity contribution in [3.63, 3.8) is 0 Å². The zero-order valence-corrected chi connectivity index (χ0v) is 20.0. The number of hydrogen-bond acceptors (Lipinski definition) is 6. The molecule has 10 nitrogen and oxygen atoms in total. The lowest BCUT2D eigenvalue weighted by atomic mass is 9.93. The molecule has 1 saturated heterocycles. The van der Waals surface area contributed by atoms with Crippen molar-refractivity contribution in [3.05, 3.63) is 69.3 Å². The summed E-state index contributed by atoms with van der Waals surface area (Å²) in [5.74, 6) is -3.25. The number of benzene rings is 1. The summed E-state index contributed by atoms with van der Waals surface area (Å²) < 4.78 is 34.0. The van der Waals surface area contributed by atoms with Gasteiger partial charge in [0.1, 0.15) is 34.3 Å². The monoisotopic (exact) mass is 500 g/mol. The highest BCUT2D eigenvalue weighted by Gasteiger charge is 2.29. The summed E-state index contributed by atoms with van der Waals surface area (Å²) in [4.78, 5) is 41.8. The lowest BCUT2D eigenvalue weighted by Crippen LogP contribution is -2.41. The largest absolute Gasteiger partial charge is 0.444 e. The topological polar surface area (TPSA) is 133 Å². The molecule has 1 aliphatic heterocycles. The maximum absolute atomic E-state index is 14.0. The van der Waals surface area contributed by atoms with E-state index in [1.165, 1.54) is 16.8 Å². The highest BCUT2D eigenvalue weighted by Crippen LogP contribution is 2.28. The van der Waals surface area contributed by atoms with Crippen LogP contribution < -0.4 is 10.9 Å². The Morgan fingerprint density at radius 1 is 1.17 bits per heavy atom. The van der Waals surface area contributed by atoms with E-state index >= 15 is 0 Å². The number of aromatic nitrogens is 3. The number of amides is 2. The molecule has 3 N–H and O–H groups in total. The number of halogens is 2. The molecule has 1 aliphatic rings. The van der Waals surface area contributed by atoms with Crippen LogP contribution in [-0.4, -0.2) is 56.0 Å². The number of carbonyl (C=O) groups excluding carboxylic acids is 2. The average molecular weight is 501 g/mol. The molecule has 36 heavy (non-hydrogen) atoms. The van der Waals surface area contributed by atoms with E-state index in [9.17, 15) is 23.2 Å². The Labute approximate surface area is 204 Å². The standard InChI is InChI=1S/C24H26F2N6O4/c1-24(2,3)36-23(35)31-8-6-13(7-9-31)18-11-19(33)29-21-16(12-28-32(18)21)22(34)30-20(27)15-5-4-14(25)10-17(15)26/h4-5,10-13H,6-9H2,1-3H3,(H,29,33)(H2,27,30,34). The number of carbonyl (C=O) groups is 2. The first-order valence-corrected chi connectivity index (χ1v) is 11.4. The molecule has 12 heteroatoms. The minimum Gasteiger partial charge on any atom is -0.444 e. The molecule has 2 amide bonds. The first-order valence-electron chi connectivity index (χ1n) is 11.4. The van der Waals surface area contributed by atoms with E-state index in [2.05, 4.69) is 15.4 Å². The van der Waals surface area contributed by atoms with Crippen molar-refractivity contribution in [2.45, 2.75) is 45.1 Å². The number of likely N-dealkylation sites (tertiary alicyclic amines) is 1. The summed E-state index contributed by atoms with van der Waals surface area (Å²) >= 11 is 0. The summed E-state index contributed by atoms with van der Waals surface area (Å²) in [6.45, 7) is 6.26. The summed E-state index contributed by atoms with van der Waals surface area (Å²) in [6.07, 6.45) is 1.98. The smallest absolute Gasteiger partial charge is 0.410 e. The minimum atomic E-state index is -0.992. The second kappa shape index (κ2) is 9.51. The van der Waals surface area contributed by atoms with Crippen LogP contribution >= 0.6 is 0 Å². The maximum atomic E-state index is 14.0. The van der Waals surface area contributed by atoms with Crippen LogP contribution in [0.5, 0.6) is 0 Å². The molecule has 190 valence electrons. The van der Waals surface area contributed by atoms with Gasteiger partial charge in [0, 0.05) is 31.1 Å². The van der Waals surface area contributed by atoms with Crippen molar-refractivity contribution < 1.29 is 23.1 Å². The summed E-state index contributed by atoms with van der Waals surface area (Å²) in [6, 6.07) is 4.05. The van der Waals surface area contributed by atoms with Gasteiger partial charge in [0.15, 0.2) is 0 Å². The van der Waals surface area contributed by atoms with Crippen LogP contribution in [0.25, 0.3) is 5.65 Å². The van der Waals surface area contributed by atoms with E-state index in [1.54, 1.807) is 25.7 Å². The number of aromatic amines is 1. The number of nitrogens with one attached hydrogen (secondary N) is 3. The second-order valence-corrected chi connectivity index (χ2v) is 9.57. The number of H-pyrrole nitrogens is 1. The lowest BCUT2D eigenvalue weighted by molar-refractivity contribution is 0.0203. The van der Waals surface area contributed by atoms with Gasteiger partial charge in [-0.05, 0) is 45.7 Å². The van der Waals surface area contributed by atoms with E-state index < -0.39 is 40.6 Å². The quantitative estimate of drug-likeness (QED) is 0.375. The molecule has 0 aliphatic carbocycles. The van der Waals surface area contributed by atoms with Crippen LogP contribution in [-0.2, 0) is 4.74 Å². The molecule has 0 bridgehead atoms. The molecular formula is C24H26F2N6O4. The normalized spacial score (nSPS) is 14.6. The van der Waals surface area contributed by atoms with Gasteiger partial charge in [0.25, 0.3) is 11.5 Å².